The third kappa shape index (κ3) is 2.93. The normalized spacial score (nSPS) is 30.9. The highest BCUT2D eigenvalue weighted by atomic mass is 79.9. The molecule has 1 aromatic rings. The predicted octanol–water partition coefficient (Wildman–Crippen LogP) is 5.95. The zero-order valence-corrected chi connectivity index (χ0v) is 14.0. The van der Waals surface area contributed by atoms with Gasteiger partial charge in [-0.3, -0.25) is 4.79 Å². The van der Waals surface area contributed by atoms with Gasteiger partial charge in [-0.1, -0.05) is 37.3 Å². The van der Waals surface area contributed by atoms with Crippen molar-refractivity contribution in [2.75, 3.05) is 0 Å². The molecule has 1 heterocycles. The first-order valence-electron chi connectivity index (χ1n) is 7.14. The number of ketones is 1. The second-order valence-corrected chi connectivity index (χ2v) is 8.69. The smallest absolute Gasteiger partial charge is 0.175 e. The van der Waals surface area contributed by atoms with E-state index in [1.165, 1.54) is 43.4 Å². The maximum absolute atomic E-state index is 12.6. The Hall–Kier alpha value is 0.140. The number of fused-ring (bicyclic) bond motifs is 1. The number of halogens is 2. The summed E-state index contributed by atoms with van der Waals surface area (Å²) in [5, 5.41) is 0.666. The fourth-order valence-electron chi connectivity index (χ4n) is 3.78. The lowest BCUT2D eigenvalue weighted by Gasteiger charge is -2.38. The molecule has 104 valence electrons. The molecule has 0 bridgehead atoms. The van der Waals surface area contributed by atoms with Gasteiger partial charge in [-0.2, -0.15) is 0 Å². The molecular formula is C15H18BrClOS. The summed E-state index contributed by atoms with van der Waals surface area (Å²) in [6, 6.07) is 1.82. The van der Waals surface area contributed by atoms with Crippen LogP contribution in [0.25, 0.3) is 0 Å². The average Bonchev–Trinajstić information content (AvgIpc) is 2.77. The highest BCUT2D eigenvalue weighted by Crippen LogP contribution is 2.44. The standard InChI is InChI=1S/C15H18BrClOS/c16-15-12(17)8-13(19-15)14(18)11-6-5-9-3-1-2-4-10(9)7-11/h8-11H,1-7H2. The minimum absolute atomic E-state index is 0.237. The Labute approximate surface area is 131 Å². The van der Waals surface area contributed by atoms with Crippen LogP contribution in [-0.2, 0) is 0 Å². The first kappa shape index (κ1) is 14.1. The van der Waals surface area contributed by atoms with E-state index in [1.54, 1.807) is 0 Å². The number of carbonyl (C=O) groups excluding carboxylic acids is 1. The number of thiophene rings is 1. The lowest BCUT2D eigenvalue weighted by Crippen LogP contribution is -2.31. The van der Waals surface area contributed by atoms with Crippen molar-refractivity contribution >= 4 is 44.7 Å². The molecule has 2 aliphatic rings. The van der Waals surface area contributed by atoms with Crippen LogP contribution in [-0.4, -0.2) is 5.78 Å². The zero-order chi connectivity index (χ0) is 13.4. The van der Waals surface area contributed by atoms with E-state index < -0.39 is 0 Å². The molecule has 4 heteroatoms. The lowest BCUT2D eigenvalue weighted by atomic mass is 9.66. The second-order valence-electron chi connectivity index (χ2n) is 5.91. The average molecular weight is 362 g/mol. The third-order valence-corrected chi connectivity index (χ3v) is 7.29. The SMILES string of the molecule is O=C(c1cc(Cl)c(Br)s1)C1CCC2CCCCC2C1. The molecule has 3 atom stereocenters. The minimum Gasteiger partial charge on any atom is -0.293 e. The van der Waals surface area contributed by atoms with E-state index >= 15 is 0 Å². The van der Waals surface area contributed by atoms with Gasteiger partial charge in [-0.15, -0.1) is 11.3 Å². The van der Waals surface area contributed by atoms with Crippen molar-refractivity contribution in [1.29, 1.82) is 0 Å². The predicted molar refractivity (Wildman–Crippen MR) is 84.1 cm³/mol. The summed E-state index contributed by atoms with van der Waals surface area (Å²) in [6.45, 7) is 0. The Morgan fingerprint density at radius 3 is 2.63 bits per heavy atom. The highest BCUT2D eigenvalue weighted by molar-refractivity contribution is 9.11. The van der Waals surface area contributed by atoms with Crippen LogP contribution < -0.4 is 0 Å². The molecule has 3 unspecified atom stereocenters. The van der Waals surface area contributed by atoms with Crippen LogP contribution in [0.4, 0.5) is 0 Å². The van der Waals surface area contributed by atoms with Gasteiger partial charge in [-0.25, -0.2) is 0 Å². The number of carbonyl (C=O) groups is 1. The van der Waals surface area contributed by atoms with E-state index in [1.807, 2.05) is 6.07 Å². The molecule has 0 radical (unpaired) electrons. The van der Waals surface area contributed by atoms with Gasteiger partial charge in [0, 0.05) is 5.92 Å². The van der Waals surface area contributed by atoms with Gasteiger partial charge >= 0.3 is 0 Å². The van der Waals surface area contributed by atoms with Gasteiger partial charge in [0.25, 0.3) is 0 Å². The van der Waals surface area contributed by atoms with Crippen LogP contribution in [0.1, 0.15) is 54.6 Å². The van der Waals surface area contributed by atoms with E-state index in [0.29, 0.717) is 10.8 Å². The van der Waals surface area contributed by atoms with Crippen LogP contribution in [0.2, 0.25) is 5.02 Å². The summed E-state index contributed by atoms with van der Waals surface area (Å²) in [4.78, 5) is 13.4. The fourth-order valence-corrected chi connectivity index (χ4v) is 5.50. The van der Waals surface area contributed by atoms with Crippen LogP contribution in [0, 0.1) is 17.8 Å². The molecule has 1 nitrogen and oxygen atoms in total. The van der Waals surface area contributed by atoms with Crippen molar-refractivity contribution in [3.63, 3.8) is 0 Å². The number of hydrogen-bond donors (Lipinski definition) is 0. The number of hydrogen-bond acceptors (Lipinski definition) is 2. The molecule has 0 aliphatic heterocycles. The Bertz CT molecular complexity index is 465. The molecule has 0 N–H and O–H groups in total. The minimum atomic E-state index is 0.237. The molecule has 19 heavy (non-hydrogen) atoms. The van der Waals surface area contributed by atoms with Crippen molar-refractivity contribution in [2.45, 2.75) is 44.9 Å². The maximum atomic E-state index is 12.6. The number of rotatable bonds is 2. The molecule has 0 aromatic carbocycles. The Morgan fingerprint density at radius 2 is 1.95 bits per heavy atom. The van der Waals surface area contributed by atoms with Crippen molar-refractivity contribution < 1.29 is 4.79 Å². The quantitative estimate of drug-likeness (QED) is 0.594. The molecule has 0 spiro atoms. The Kier molecular flexibility index (Phi) is 4.35. The monoisotopic (exact) mass is 360 g/mol. The van der Waals surface area contributed by atoms with Crippen molar-refractivity contribution in [1.82, 2.24) is 0 Å². The van der Waals surface area contributed by atoms with Gasteiger partial charge < -0.3 is 0 Å². The summed E-state index contributed by atoms with van der Waals surface area (Å²) in [5.74, 6) is 2.26. The molecule has 2 fully saturated rings. The number of Topliss-reactive ketones (excluding diaryl/α,β-unsaturated/α-hetero) is 1. The summed E-state index contributed by atoms with van der Waals surface area (Å²) in [7, 11) is 0. The van der Waals surface area contributed by atoms with Crippen molar-refractivity contribution in [3.05, 3.63) is 19.8 Å². The molecule has 1 aromatic heterocycles. The topological polar surface area (TPSA) is 17.1 Å². The van der Waals surface area contributed by atoms with Crippen LogP contribution in [0.15, 0.2) is 9.85 Å². The summed E-state index contributed by atoms with van der Waals surface area (Å²) in [6.07, 6.45) is 8.92. The van der Waals surface area contributed by atoms with Crippen molar-refractivity contribution in [2.24, 2.45) is 17.8 Å². The van der Waals surface area contributed by atoms with E-state index in [0.717, 1.165) is 33.3 Å². The van der Waals surface area contributed by atoms with E-state index in [9.17, 15) is 4.79 Å². The summed E-state index contributed by atoms with van der Waals surface area (Å²) < 4.78 is 0.879. The Morgan fingerprint density at radius 1 is 1.21 bits per heavy atom. The molecule has 2 aliphatic carbocycles. The lowest BCUT2D eigenvalue weighted by molar-refractivity contribution is 0.0767. The largest absolute Gasteiger partial charge is 0.293 e. The second kappa shape index (κ2) is 5.87. The third-order valence-electron chi connectivity index (χ3n) is 4.80. The zero-order valence-electron chi connectivity index (χ0n) is 10.8. The summed E-state index contributed by atoms with van der Waals surface area (Å²) >= 11 is 10.9. The van der Waals surface area contributed by atoms with Crippen LogP contribution >= 0.6 is 38.9 Å². The van der Waals surface area contributed by atoms with Gasteiger partial charge in [0.2, 0.25) is 0 Å². The van der Waals surface area contributed by atoms with Crippen molar-refractivity contribution in [3.8, 4) is 0 Å². The summed E-state index contributed by atoms with van der Waals surface area (Å²) in [5.41, 5.74) is 0. The molecule has 3 rings (SSSR count). The molecular weight excluding hydrogens is 344 g/mol. The van der Waals surface area contributed by atoms with Gasteiger partial charge in [0.1, 0.15) is 0 Å². The first-order chi connectivity index (χ1) is 9.15. The Balaban J connectivity index is 1.70. The van der Waals surface area contributed by atoms with Crippen LogP contribution in [0.5, 0.6) is 0 Å². The molecule has 0 amide bonds. The van der Waals surface area contributed by atoms with Gasteiger partial charge in [0.15, 0.2) is 5.78 Å². The molecule has 0 saturated heterocycles. The van der Waals surface area contributed by atoms with Gasteiger partial charge in [0.05, 0.1) is 13.7 Å². The maximum Gasteiger partial charge on any atom is 0.175 e. The fraction of sp³-hybridized carbons (Fsp3) is 0.667. The van der Waals surface area contributed by atoms with E-state index in [-0.39, 0.29) is 5.92 Å². The first-order valence-corrected chi connectivity index (χ1v) is 9.13. The van der Waals surface area contributed by atoms with Gasteiger partial charge in [-0.05, 0) is 53.1 Å². The van der Waals surface area contributed by atoms with E-state index in [2.05, 4.69) is 15.9 Å². The molecule has 2 saturated carbocycles. The van der Waals surface area contributed by atoms with E-state index in [4.69, 9.17) is 11.6 Å². The highest BCUT2D eigenvalue weighted by Gasteiger charge is 2.35. The van der Waals surface area contributed by atoms with Crippen LogP contribution in [0.3, 0.4) is 0 Å².